The molecule has 1 unspecified atom stereocenters. The topological polar surface area (TPSA) is 35.5 Å². The highest BCUT2D eigenvalue weighted by molar-refractivity contribution is 5.91. The Balaban J connectivity index is 1.54. The van der Waals surface area contributed by atoms with E-state index in [0.717, 1.165) is 36.1 Å². The first-order valence-corrected chi connectivity index (χ1v) is 12.2. The quantitative estimate of drug-likeness (QED) is 0.161. The van der Waals surface area contributed by atoms with Gasteiger partial charge < -0.3 is 9.47 Å². The molecule has 0 radical (unpaired) electrons. The lowest BCUT2D eigenvalue weighted by Crippen LogP contribution is -2.08. The molecule has 0 saturated heterocycles. The highest BCUT2D eigenvalue weighted by Gasteiger charge is 2.10. The molecule has 0 aliphatic heterocycles. The van der Waals surface area contributed by atoms with E-state index in [0.29, 0.717) is 23.8 Å². The molecular formula is C30H36O3. The van der Waals surface area contributed by atoms with E-state index in [2.05, 4.69) is 45.0 Å². The van der Waals surface area contributed by atoms with E-state index in [9.17, 15) is 4.79 Å². The number of ether oxygens (including phenoxy) is 2. The summed E-state index contributed by atoms with van der Waals surface area (Å²) in [4.78, 5) is 12.5. The molecule has 0 aliphatic carbocycles. The number of carbonyl (C=O) groups excluding carboxylic acids is 1. The number of carbonyl (C=O) groups is 1. The molecule has 3 rings (SSSR count). The van der Waals surface area contributed by atoms with E-state index in [-0.39, 0.29) is 5.97 Å². The van der Waals surface area contributed by atoms with Crippen molar-refractivity contribution in [1.82, 2.24) is 0 Å². The molecule has 0 aromatic heterocycles. The van der Waals surface area contributed by atoms with Crippen LogP contribution in [-0.4, -0.2) is 12.6 Å². The zero-order valence-electron chi connectivity index (χ0n) is 20.2. The van der Waals surface area contributed by atoms with Crippen molar-refractivity contribution in [3.8, 4) is 22.6 Å². The average Bonchev–Trinajstić information content (AvgIpc) is 2.83. The van der Waals surface area contributed by atoms with Crippen LogP contribution in [0.3, 0.4) is 0 Å². The van der Waals surface area contributed by atoms with E-state index in [1.807, 2.05) is 36.4 Å². The van der Waals surface area contributed by atoms with Gasteiger partial charge in [0.15, 0.2) is 0 Å². The number of unbranched alkanes of at least 4 members (excludes halogenated alkanes) is 2. The summed E-state index contributed by atoms with van der Waals surface area (Å²) in [6, 6.07) is 23.5. The fourth-order valence-electron chi connectivity index (χ4n) is 3.94. The van der Waals surface area contributed by atoms with Gasteiger partial charge in [0, 0.05) is 0 Å². The maximum atomic E-state index is 12.5. The normalized spacial score (nSPS) is 11.7. The Bertz CT molecular complexity index is 973. The number of benzene rings is 3. The standard InChI is InChI=1S/C30H36O3/c1-4-6-7-21-32-28-17-19-29(20-18-28)33-30(31)27-15-13-26(14-16-27)25-11-9-24(10-12-25)22-23(3)8-5-2/h9-20,23H,4-8,21-22H2,1-3H3. The van der Waals surface area contributed by atoms with Crippen molar-refractivity contribution in [3.05, 3.63) is 83.9 Å². The van der Waals surface area contributed by atoms with Gasteiger partial charge in [0.2, 0.25) is 0 Å². The summed E-state index contributed by atoms with van der Waals surface area (Å²) in [6.45, 7) is 7.43. The van der Waals surface area contributed by atoms with E-state index < -0.39 is 0 Å². The minimum Gasteiger partial charge on any atom is -0.494 e. The summed E-state index contributed by atoms with van der Waals surface area (Å²) in [7, 11) is 0. The van der Waals surface area contributed by atoms with Crippen LogP contribution in [0.1, 0.15) is 68.8 Å². The first kappa shape index (κ1) is 24.6. The molecule has 3 nitrogen and oxygen atoms in total. The molecule has 1 atom stereocenters. The van der Waals surface area contributed by atoms with Gasteiger partial charge in [-0.3, -0.25) is 0 Å². The van der Waals surface area contributed by atoms with Crippen LogP contribution in [0.25, 0.3) is 11.1 Å². The van der Waals surface area contributed by atoms with Gasteiger partial charge in [0.25, 0.3) is 0 Å². The number of rotatable bonds is 12. The Morgan fingerprint density at radius 3 is 1.97 bits per heavy atom. The molecule has 0 aliphatic rings. The zero-order valence-corrected chi connectivity index (χ0v) is 20.2. The highest BCUT2D eigenvalue weighted by atomic mass is 16.5. The smallest absolute Gasteiger partial charge is 0.343 e. The lowest BCUT2D eigenvalue weighted by atomic mass is 9.95. The molecular weight excluding hydrogens is 408 g/mol. The van der Waals surface area contributed by atoms with Crippen molar-refractivity contribution in [2.24, 2.45) is 5.92 Å². The highest BCUT2D eigenvalue weighted by Crippen LogP contribution is 2.23. The van der Waals surface area contributed by atoms with Crippen molar-refractivity contribution < 1.29 is 14.3 Å². The second-order valence-corrected chi connectivity index (χ2v) is 8.79. The van der Waals surface area contributed by atoms with Gasteiger partial charge >= 0.3 is 5.97 Å². The molecule has 3 aromatic rings. The van der Waals surface area contributed by atoms with Crippen molar-refractivity contribution in [3.63, 3.8) is 0 Å². The first-order valence-electron chi connectivity index (χ1n) is 12.2. The van der Waals surface area contributed by atoms with Crippen LogP contribution in [0.4, 0.5) is 0 Å². The largest absolute Gasteiger partial charge is 0.494 e. The molecule has 0 saturated carbocycles. The predicted octanol–water partition coefficient (Wildman–Crippen LogP) is 8.12. The number of hydrogen-bond acceptors (Lipinski definition) is 3. The third kappa shape index (κ3) is 7.78. The lowest BCUT2D eigenvalue weighted by molar-refractivity contribution is 0.0734. The minimum atomic E-state index is -0.363. The second kappa shape index (κ2) is 12.8. The second-order valence-electron chi connectivity index (χ2n) is 8.79. The third-order valence-corrected chi connectivity index (χ3v) is 5.82. The molecule has 33 heavy (non-hydrogen) atoms. The predicted molar refractivity (Wildman–Crippen MR) is 136 cm³/mol. The average molecular weight is 445 g/mol. The van der Waals surface area contributed by atoms with Gasteiger partial charge in [-0.25, -0.2) is 4.79 Å². The summed E-state index contributed by atoms with van der Waals surface area (Å²) in [5, 5.41) is 0. The van der Waals surface area contributed by atoms with Gasteiger partial charge in [-0.05, 0) is 71.8 Å². The lowest BCUT2D eigenvalue weighted by Gasteiger charge is -2.11. The van der Waals surface area contributed by atoms with Gasteiger partial charge in [-0.2, -0.15) is 0 Å². The van der Waals surface area contributed by atoms with E-state index in [1.54, 1.807) is 12.1 Å². The van der Waals surface area contributed by atoms with Gasteiger partial charge in [0.05, 0.1) is 12.2 Å². The molecule has 0 bridgehead atoms. The molecule has 3 heteroatoms. The minimum absolute atomic E-state index is 0.363. The fourth-order valence-corrected chi connectivity index (χ4v) is 3.94. The van der Waals surface area contributed by atoms with E-state index in [4.69, 9.17) is 9.47 Å². The summed E-state index contributed by atoms with van der Waals surface area (Å²) in [6.07, 6.45) is 6.99. The number of esters is 1. The molecule has 0 spiro atoms. The Kier molecular flexibility index (Phi) is 9.56. The maximum absolute atomic E-state index is 12.5. The Labute approximate surface area is 198 Å². The van der Waals surface area contributed by atoms with Crippen molar-refractivity contribution in [1.29, 1.82) is 0 Å². The summed E-state index contributed by atoms with van der Waals surface area (Å²) in [5.41, 5.74) is 4.14. The zero-order chi connectivity index (χ0) is 23.5. The Morgan fingerprint density at radius 1 is 0.758 bits per heavy atom. The van der Waals surface area contributed by atoms with Crippen molar-refractivity contribution in [2.45, 2.75) is 59.3 Å². The summed E-state index contributed by atoms with van der Waals surface area (Å²) >= 11 is 0. The molecule has 0 heterocycles. The van der Waals surface area contributed by atoms with E-state index >= 15 is 0 Å². The fraction of sp³-hybridized carbons (Fsp3) is 0.367. The monoisotopic (exact) mass is 444 g/mol. The maximum Gasteiger partial charge on any atom is 0.343 e. The Morgan fingerprint density at radius 2 is 1.36 bits per heavy atom. The van der Waals surface area contributed by atoms with Crippen LogP contribution in [-0.2, 0) is 6.42 Å². The molecule has 0 amide bonds. The molecule has 0 fully saturated rings. The van der Waals surface area contributed by atoms with Crippen LogP contribution in [0.15, 0.2) is 72.8 Å². The van der Waals surface area contributed by atoms with Gasteiger partial charge in [-0.1, -0.05) is 82.9 Å². The van der Waals surface area contributed by atoms with Crippen LogP contribution in [0.5, 0.6) is 11.5 Å². The first-order chi connectivity index (χ1) is 16.1. The third-order valence-electron chi connectivity index (χ3n) is 5.82. The Hall–Kier alpha value is -3.07. The van der Waals surface area contributed by atoms with Gasteiger partial charge in [0.1, 0.15) is 11.5 Å². The van der Waals surface area contributed by atoms with Crippen LogP contribution in [0.2, 0.25) is 0 Å². The van der Waals surface area contributed by atoms with E-state index in [1.165, 1.54) is 24.8 Å². The van der Waals surface area contributed by atoms with Gasteiger partial charge in [-0.15, -0.1) is 0 Å². The number of hydrogen-bond donors (Lipinski definition) is 0. The van der Waals surface area contributed by atoms with Crippen LogP contribution < -0.4 is 9.47 Å². The summed E-state index contributed by atoms with van der Waals surface area (Å²) < 4.78 is 11.2. The molecule has 174 valence electrons. The molecule has 0 N–H and O–H groups in total. The van der Waals surface area contributed by atoms with Crippen molar-refractivity contribution in [2.75, 3.05) is 6.61 Å². The van der Waals surface area contributed by atoms with Crippen LogP contribution in [0, 0.1) is 5.92 Å². The summed E-state index contributed by atoms with van der Waals surface area (Å²) in [5.74, 6) is 1.65. The van der Waals surface area contributed by atoms with Crippen molar-refractivity contribution >= 4 is 5.97 Å². The van der Waals surface area contributed by atoms with Crippen LogP contribution >= 0.6 is 0 Å². The molecule has 3 aromatic carbocycles. The SMILES string of the molecule is CCCCCOc1ccc(OC(=O)c2ccc(-c3ccc(CC(C)CCC)cc3)cc2)cc1.